The molecule has 1 aromatic carbocycles. The van der Waals surface area contributed by atoms with Gasteiger partial charge in [0.05, 0.1) is 7.11 Å². The molecular formula is C13H19NO. The second-order valence-electron chi connectivity index (χ2n) is 4.27. The average Bonchev–Trinajstić information content (AvgIpc) is 2.30. The fourth-order valence-electron chi connectivity index (χ4n) is 2.32. The lowest BCUT2D eigenvalue weighted by molar-refractivity contribution is 0.187. The number of methoxy groups -OCH3 is 1. The Balaban J connectivity index is 2.13. The highest BCUT2D eigenvalue weighted by atomic mass is 16.5. The first-order valence-electron chi connectivity index (χ1n) is 5.65. The van der Waals surface area contributed by atoms with E-state index in [0.29, 0.717) is 6.04 Å². The Morgan fingerprint density at radius 3 is 2.53 bits per heavy atom. The molecule has 0 unspecified atom stereocenters. The summed E-state index contributed by atoms with van der Waals surface area (Å²) in [4.78, 5) is 2.45. The van der Waals surface area contributed by atoms with Crippen LogP contribution >= 0.6 is 0 Å². The van der Waals surface area contributed by atoms with E-state index < -0.39 is 0 Å². The van der Waals surface area contributed by atoms with Gasteiger partial charge in [0.25, 0.3) is 0 Å². The Hall–Kier alpha value is -1.02. The van der Waals surface area contributed by atoms with Crippen LogP contribution in [0.25, 0.3) is 0 Å². The summed E-state index contributed by atoms with van der Waals surface area (Å²) in [6.45, 7) is 1.22. The molecule has 2 nitrogen and oxygen atoms in total. The highest BCUT2D eigenvalue weighted by molar-refractivity contribution is 5.29. The summed E-state index contributed by atoms with van der Waals surface area (Å²) in [6, 6.07) is 9.08. The third-order valence-corrected chi connectivity index (χ3v) is 3.27. The van der Waals surface area contributed by atoms with Crippen LogP contribution in [-0.4, -0.2) is 25.6 Å². The smallest absolute Gasteiger partial charge is 0.118 e. The van der Waals surface area contributed by atoms with Gasteiger partial charge < -0.3 is 4.74 Å². The molecule has 1 aliphatic rings. The molecule has 0 amide bonds. The topological polar surface area (TPSA) is 12.5 Å². The zero-order chi connectivity index (χ0) is 10.7. The van der Waals surface area contributed by atoms with Gasteiger partial charge in [0.2, 0.25) is 0 Å². The van der Waals surface area contributed by atoms with Crippen molar-refractivity contribution in [2.45, 2.75) is 25.3 Å². The van der Waals surface area contributed by atoms with E-state index in [9.17, 15) is 0 Å². The van der Waals surface area contributed by atoms with Crippen molar-refractivity contribution < 1.29 is 4.74 Å². The average molecular weight is 205 g/mol. The predicted octanol–water partition coefficient (Wildman–Crippen LogP) is 2.85. The number of hydrogen-bond acceptors (Lipinski definition) is 2. The third-order valence-electron chi connectivity index (χ3n) is 3.27. The van der Waals surface area contributed by atoms with E-state index in [1.54, 1.807) is 7.11 Å². The van der Waals surface area contributed by atoms with E-state index in [-0.39, 0.29) is 0 Å². The maximum absolute atomic E-state index is 5.17. The maximum Gasteiger partial charge on any atom is 0.118 e. The second-order valence-corrected chi connectivity index (χ2v) is 4.27. The van der Waals surface area contributed by atoms with Crippen molar-refractivity contribution in [1.82, 2.24) is 4.90 Å². The molecule has 0 bridgehead atoms. The quantitative estimate of drug-likeness (QED) is 0.736. The van der Waals surface area contributed by atoms with Crippen LogP contribution in [0.3, 0.4) is 0 Å². The summed E-state index contributed by atoms with van der Waals surface area (Å²) < 4.78 is 5.17. The Morgan fingerprint density at radius 2 is 1.93 bits per heavy atom. The molecule has 1 fully saturated rings. The van der Waals surface area contributed by atoms with Crippen LogP contribution in [0.5, 0.6) is 5.75 Å². The molecule has 0 spiro atoms. The Morgan fingerprint density at radius 1 is 1.20 bits per heavy atom. The van der Waals surface area contributed by atoms with E-state index in [4.69, 9.17) is 4.74 Å². The maximum atomic E-state index is 5.17. The van der Waals surface area contributed by atoms with Crippen molar-refractivity contribution in [3.8, 4) is 5.75 Å². The Labute approximate surface area is 91.9 Å². The van der Waals surface area contributed by atoms with Crippen LogP contribution in [0, 0.1) is 0 Å². The van der Waals surface area contributed by atoms with Crippen molar-refractivity contribution in [3.05, 3.63) is 29.8 Å². The normalized spacial score (nSPS) is 22.7. The zero-order valence-corrected chi connectivity index (χ0v) is 9.57. The minimum Gasteiger partial charge on any atom is -0.497 e. The molecule has 2 rings (SSSR count). The fraction of sp³-hybridized carbons (Fsp3) is 0.538. The van der Waals surface area contributed by atoms with Crippen LogP contribution in [0.4, 0.5) is 0 Å². The van der Waals surface area contributed by atoms with Gasteiger partial charge in [-0.3, -0.25) is 4.90 Å². The van der Waals surface area contributed by atoms with Crippen LogP contribution in [0.15, 0.2) is 24.3 Å². The highest BCUT2D eigenvalue weighted by Gasteiger charge is 2.20. The highest BCUT2D eigenvalue weighted by Crippen LogP contribution is 2.30. The summed E-state index contributed by atoms with van der Waals surface area (Å²) in [7, 11) is 3.93. The van der Waals surface area contributed by atoms with Gasteiger partial charge in [0.15, 0.2) is 0 Å². The summed E-state index contributed by atoms with van der Waals surface area (Å²) in [5.74, 6) is 0.942. The van der Waals surface area contributed by atoms with Gasteiger partial charge in [0.1, 0.15) is 5.75 Å². The molecule has 0 saturated carbocycles. The number of benzene rings is 1. The van der Waals surface area contributed by atoms with Gasteiger partial charge >= 0.3 is 0 Å². The molecular weight excluding hydrogens is 186 g/mol. The molecule has 1 heterocycles. The first-order valence-corrected chi connectivity index (χ1v) is 5.65. The lowest BCUT2D eigenvalue weighted by atomic mass is 9.96. The summed E-state index contributed by atoms with van der Waals surface area (Å²) in [5.41, 5.74) is 1.41. The molecule has 82 valence electrons. The van der Waals surface area contributed by atoms with Crippen LogP contribution in [0.2, 0.25) is 0 Å². The number of rotatable bonds is 2. The molecule has 1 aromatic rings. The Kier molecular flexibility index (Phi) is 3.27. The van der Waals surface area contributed by atoms with E-state index >= 15 is 0 Å². The molecule has 1 aliphatic heterocycles. The lowest BCUT2D eigenvalue weighted by Gasteiger charge is -2.32. The predicted molar refractivity (Wildman–Crippen MR) is 62.2 cm³/mol. The van der Waals surface area contributed by atoms with E-state index in [1.165, 1.54) is 31.4 Å². The zero-order valence-electron chi connectivity index (χ0n) is 9.57. The lowest BCUT2D eigenvalue weighted by Crippen LogP contribution is -2.29. The van der Waals surface area contributed by atoms with Gasteiger partial charge in [0, 0.05) is 6.04 Å². The monoisotopic (exact) mass is 205 g/mol. The van der Waals surface area contributed by atoms with Crippen molar-refractivity contribution in [2.75, 3.05) is 20.7 Å². The number of piperidine rings is 1. The first kappa shape index (κ1) is 10.5. The van der Waals surface area contributed by atoms with Crippen molar-refractivity contribution >= 4 is 0 Å². The number of likely N-dealkylation sites (tertiary alicyclic amines) is 1. The Bertz CT molecular complexity index is 307. The van der Waals surface area contributed by atoms with Crippen molar-refractivity contribution in [3.63, 3.8) is 0 Å². The molecule has 1 saturated heterocycles. The van der Waals surface area contributed by atoms with Gasteiger partial charge in [-0.1, -0.05) is 18.6 Å². The minimum atomic E-state index is 0.602. The largest absolute Gasteiger partial charge is 0.497 e. The van der Waals surface area contributed by atoms with Crippen LogP contribution in [0.1, 0.15) is 30.9 Å². The molecule has 0 aromatic heterocycles. The van der Waals surface area contributed by atoms with E-state index in [0.717, 1.165) is 5.75 Å². The molecule has 2 heteroatoms. The summed E-state index contributed by atoms with van der Waals surface area (Å²) in [6.07, 6.45) is 3.97. The van der Waals surface area contributed by atoms with Crippen molar-refractivity contribution in [1.29, 1.82) is 0 Å². The second kappa shape index (κ2) is 4.67. The minimum absolute atomic E-state index is 0.602. The van der Waals surface area contributed by atoms with E-state index in [1.807, 2.05) is 0 Å². The molecule has 1 atom stereocenters. The van der Waals surface area contributed by atoms with Crippen LogP contribution in [-0.2, 0) is 0 Å². The first-order chi connectivity index (χ1) is 7.31. The summed E-state index contributed by atoms with van der Waals surface area (Å²) >= 11 is 0. The molecule has 0 radical (unpaired) electrons. The molecule has 15 heavy (non-hydrogen) atoms. The van der Waals surface area contributed by atoms with Gasteiger partial charge in [-0.05, 0) is 44.1 Å². The molecule has 0 N–H and O–H groups in total. The van der Waals surface area contributed by atoms with Gasteiger partial charge in [-0.2, -0.15) is 0 Å². The number of hydrogen-bond donors (Lipinski definition) is 0. The van der Waals surface area contributed by atoms with Gasteiger partial charge in [-0.25, -0.2) is 0 Å². The fourth-order valence-corrected chi connectivity index (χ4v) is 2.32. The number of nitrogens with zero attached hydrogens (tertiary/aromatic N) is 1. The SMILES string of the molecule is COc1ccc([C@H]2CCCCN2C)cc1. The third kappa shape index (κ3) is 2.32. The molecule has 0 aliphatic carbocycles. The van der Waals surface area contributed by atoms with Crippen LogP contribution < -0.4 is 4.74 Å². The van der Waals surface area contributed by atoms with E-state index in [2.05, 4.69) is 36.2 Å². The standard InChI is InChI=1S/C13H19NO/c1-14-10-4-3-5-13(14)11-6-8-12(15-2)9-7-11/h6-9,13H,3-5,10H2,1-2H3/t13-/m1/s1. The van der Waals surface area contributed by atoms with Gasteiger partial charge in [-0.15, -0.1) is 0 Å². The van der Waals surface area contributed by atoms with Crippen molar-refractivity contribution in [2.24, 2.45) is 0 Å². The summed E-state index contributed by atoms with van der Waals surface area (Å²) in [5, 5.41) is 0. The number of ether oxygens (including phenoxy) is 1.